The molecule has 0 saturated carbocycles. The van der Waals surface area contributed by atoms with Crippen LogP contribution in [0.25, 0.3) is 10.2 Å². The van der Waals surface area contributed by atoms with Gasteiger partial charge in [0.2, 0.25) is 0 Å². The number of ether oxygens (including phenoxy) is 2. The van der Waals surface area contributed by atoms with Crippen molar-refractivity contribution >= 4 is 50.4 Å². The molecule has 3 aromatic rings. The van der Waals surface area contributed by atoms with E-state index in [1.54, 1.807) is 11.6 Å². The Hall–Kier alpha value is -2.58. The van der Waals surface area contributed by atoms with Crippen LogP contribution >= 0.6 is 22.9 Å². The Morgan fingerprint density at radius 2 is 2.08 bits per heavy atom. The fraction of sp³-hybridized carbons (Fsp3) is 0.133. The third-order valence-corrected chi connectivity index (χ3v) is 4.55. The van der Waals surface area contributed by atoms with E-state index in [1.807, 2.05) is 0 Å². The molecule has 7 nitrogen and oxygen atoms in total. The zero-order valence-corrected chi connectivity index (χ0v) is 14.4. The van der Waals surface area contributed by atoms with Crippen LogP contribution in [0.2, 0.25) is 5.02 Å². The Kier molecular flexibility index (Phi) is 4.41. The number of amides is 1. The number of methoxy groups -OCH3 is 2. The molecule has 0 saturated heterocycles. The molecule has 24 heavy (non-hydrogen) atoms. The number of rotatable bonds is 4. The topological polar surface area (TPSA) is 99.4 Å². The lowest BCUT2D eigenvalue weighted by Crippen LogP contribution is -2.13. The van der Waals surface area contributed by atoms with Crippen LogP contribution in [0.3, 0.4) is 0 Å². The van der Waals surface area contributed by atoms with Crippen molar-refractivity contribution in [3.63, 3.8) is 0 Å². The maximum Gasteiger partial charge on any atom is 0.258 e. The van der Waals surface area contributed by atoms with E-state index in [-0.39, 0.29) is 22.4 Å². The summed E-state index contributed by atoms with van der Waals surface area (Å²) < 4.78 is 11.2. The van der Waals surface area contributed by atoms with E-state index >= 15 is 0 Å². The van der Waals surface area contributed by atoms with Crippen molar-refractivity contribution in [2.24, 2.45) is 0 Å². The molecule has 0 aliphatic carbocycles. The van der Waals surface area contributed by atoms with Gasteiger partial charge in [0.25, 0.3) is 5.91 Å². The number of carbonyl (C=O) groups is 1. The Balaban J connectivity index is 2.00. The maximum atomic E-state index is 12.6. The van der Waals surface area contributed by atoms with Crippen molar-refractivity contribution < 1.29 is 14.3 Å². The Bertz CT molecular complexity index is 928. The number of hydrogen-bond donors (Lipinski definition) is 2. The van der Waals surface area contributed by atoms with Gasteiger partial charge in [-0.3, -0.25) is 4.79 Å². The molecule has 9 heteroatoms. The van der Waals surface area contributed by atoms with Crippen molar-refractivity contribution in [1.29, 1.82) is 0 Å². The molecule has 0 aliphatic heterocycles. The predicted molar refractivity (Wildman–Crippen MR) is 94.3 cm³/mol. The van der Waals surface area contributed by atoms with Crippen LogP contribution in [-0.2, 0) is 0 Å². The van der Waals surface area contributed by atoms with Crippen molar-refractivity contribution in [2.45, 2.75) is 0 Å². The van der Waals surface area contributed by atoms with E-state index in [0.717, 1.165) is 4.70 Å². The summed E-state index contributed by atoms with van der Waals surface area (Å²) in [6.07, 6.45) is 3.06. The van der Waals surface area contributed by atoms with Gasteiger partial charge in [0.1, 0.15) is 12.0 Å². The zero-order chi connectivity index (χ0) is 17.3. The molecule has 1 amide bonds. The number of benzene rings is 1. The molecule has 0 unspecified atom stereocenters. The van der Waals surface area contributed by atoms with Crippen LogP contribution in [0.1, 0.15) is 10.4 Å². The summed E-state index contributed by atoms with van der Waals surface area (Å²) in [6, 6.07) is 1.52. The van der Waals surface area contributed by atoms with Gasteiger partial charge in [-0.2, -0.15) is 0 Å². The minimum absolute atomic E-state index is 0.209. The van der Waals surface area contributed by atoms with Crippen molar-refractivity contribution in [2.75, 3.05) is 25.3 Å². The van der Waals surface area contributed by atoms with E-state index in [1.165, 1.54) is 38.0 Å². The minimum atomic E-state index is -0.348. The molecular weight excluding hydrogens is 352 g/mol. The molecular formula is C15H13ClN4O3S. The van der Waals surface area contributed by atoms with E-state index in [2.05, 4.69) is 15.3 Å². The highest BCUT2D eigenvalue weighted by molar-refractivity contribution is 7.17. The van der Waals surface area contributed by atoms with Gasteiger partial charge < -0.3 is 20.5 Å². The molecule has 124 valence electrons. The first-order valence-electron chi connectivity index (χ1n) is 6.75. The van der Waals surface area contributed by atoms with Gasteiger partial charge in [0, 0.05) is 11.6 Å². The highest BCUT2D eigenvalue weighted by Gasteiger charge is 2.20. The lowest BCUT2D eigenvalue weighted by Gasteiger charge is -2.16. The zero-order valence-electron chi connectivity index (χ0n) is 12.8. The Morgan fingerprint density at radius 1 is 1.33 bits per heavy atom. The summed E-state index contributed by atoms with van der Waals surface area (Å²) in [5, 5.41) is 4.74. The number of fused-ring (bicyclic) bond motifs is 1. The third-order valence-electron chi connectivity index (χ3n) is 3.36. The number of halogens is 1. The number of nitrogens with zero attached hydrogens (tertiary/aromatic N) is 2. The van der Waals surface area contributed by atoms with Gasteiger partial charge in [0.05, 0.1) is 40.7 Å². The Morgan fingerprint density at radius 3 is 2.79 bits per heavy atom. The van der Waals surface area contributed by atoms with Gasteiger partial charge in [-0.25, -0.2) is 9.97 Å². The lowest BCUT2D eigenvalue weighted by molar-refractivity contribution is 0.102. The smallest absolute Gasteiger partial charge is 0.258 e. The summed E-state index contributed by atoms with van der Waals surface area (Å²) in [4.78, 5) is 20.7. The van der Waals surface area contributed by atoms with Gasteiger partial charge >= 0.3 is 0 Å². The lowest BCUT2D eigenvalue weighted by atomic mass is 10.2. The van der Waals surface area contributed by atoms with Crippen LogP contribution < -0.4 is 20.5 Å². The highest BCUT2D eigenvalue weighted by atomic mass is 35.5. The summed E-state index contributed by atoms with van der Waals surface area (Å²) >= 11 is 7.52. The Labute approximate surface area is 146 Å². The van der Waals surface area contributed by atoms with Gasteiger partial charge in [-0.05, 0) is 6.07 Å². The largest absolute Gasteiger partial charge is 0.493 e. The van der Waals surface area contributed by atoms with E-state index in [9.17, 15) is 4.79 Å². The summed E-state index contributed by atoms with van der Waals surface area (Å²) in [5.74, 6) is 0.220. The monoisotopic (exact) mass is 364 g/mol. The van der Waals surface area contributed by atoms with E-state index < -0.39 is 0 Å². The number of aromatic nitrogens is 2. The molecule has 2 aromatic heterocycles. The molecule has 3 rings (SSSR count). The summed E-state index contributed by atoms with van der Waals surface area (Å²) in [6.45, 7) is 0. The van der Waals surface area contributed by atoms with Crippen molar-refractivity contribution in [3.05, 3.63) is 34.6 Å². The van der Waals surface area contributed by atoms with Gasteiger partial charge in [-0.15, -0.1) is 11.3 Å². The number of hydrogen-bond acceptors (Lipinski definition) is 7. The quantitative estimate of drug-likeness (QED) is 0.689. The predicted octanol–water partition coefficient (Wildman–Crippen LogP) is 3.20. The number of nitrogens with one attached hydrogen (secondary N) is 1. The van der Waals surface area contributed by atoms with Crippen molar-refractivity contribution in [1.82, 2.24) is 9.97 Å². The van der Waals surface area contributed by atoms with Crippen LogP contribution in [0.15, 0.2) is 24.0 Å². The maximum absolute atomic E-state index is 12.6. The first kappa shape index (κ1) is 16.3. The summed E-state index contributed by atoms with van der Waals surface area (Å²) in [5.41, 5.74) is 7.56. The molecule has 0 radical (unpaired) electrons. The number of anilines is 2. The van der Waals surface area contributed by atoms with Crippen LogP contribution in [0.4, 0.5) is 11.4 Å². The molecule has 2 heterocycles. The second-order valence-electron chi connectivity index (χ2n) is 4.73. The normalized spacial score (nSPS) is 10.6. The molecule has 0 atom stereocenters. The second kappa shape index (κ2) is 6.50. The minimum Gasteiger partial charge on any atom is -0.493 e. The number of carbonyl (C=O) groups excluding carboxylic acids is 1. The molecule has 3 N–H and O–H groups in total. The highest BCUT2D eigenvalue weighted by Crippen LogP contribution is 2.43. The SMILES string of the molecule is COc1c(Cl)cc(NC(=O)c2csc3cncnc23)c(OC)c1N. The van der Waals surface area contributed by atoms with Crippen LogP contribution in [0, 0.1) is 0 Å². The van der Waals surface area contributed by atoms with Crippen LogP contribution in [0.5, 0.6) is 11.5 Å². The molecule has 0 aliphatic rings. The molecule has 1 aromatic carbocycles. The van der Waals surface area contributed by atoms with Crippen molar-refractivity contribution in [3.8, 4) is 11.5 Å². The van der Waals surface area contributed by atoms with Crippen LogP contribution in [-0.4, -0.2) is 30.1 Å². The van der Waals surface area contributed by atoms with Gasteiger partial charge in [0.15, 0.2) is 11.5 Å². The average Bonchev–Trinajstić information content (AvgIpc) is 2.99. The first-order chi connectivity index (χ1) is 11.6. The van der Waals surface area contributed by atoms with E-state index in [0.29, 0.717) is 22.5 Å². The summed E-state index contributed by atoms with van der Waals surface area (Å²) in [7, 11) is 2.90. The number of nitrogens with two attached hydrogens (primary N) is 1. The fourth-order valence-electron chi connectivity index (χ4n) is 2.29. The third kappa shape index (κ3) is 2.70. The fourth-order valence-corrected chi connectivity index (χ4v) is 3.44. The molecule has 0 bridgehead atoms. The molecule has 0 fully saturated rings. The van der Waals surface area contributed by atoms with Gasteiger partial charge in [-0.1, -0.05) is 11.6 Å². The first-order valence-corrected chi connectivity index (χ1v) is 8.01. The average molecular weight is 365 g/mol. The number of nitrogen functional groups attached to an aromatic ring is 1. The number of thiophene rings is 1. The van der Waals surface area contributed by atoms with E-state index in [4.69, 9.17) is 26.8 Å². The second-order valence-corrected chi connectivity index (χ2v) is 6.04. The molecule has 0 spiro atoms. The standard InChI is InChI=1S/C15H13ClN4O3S/c1-22-13-8(16)3-9(14(23-2)11(13)17)20-15(21)7-5-24-10-4-18-6-19-12(7)10/h3-6H,17H2,1-2H3,(H,20,21).